The first-order chi connectivity index (χ1) is 12.1. The van der Waals surface area contributed by atoms with Gasteiger partial charge in [-0.1, -0.05) is 41.4 Å². The molecule has 0 atom stereocenters. The summed E-state index contributed by atoms with van der Waals surface area (Å²) in [6, 6.07) is 12.6. The summed E-state index contributed by atoms with van der Waals surface area (Å²) in [5, 5.41) is 14.1. The lowest BCUT2D eigenvalue weighted by atomic mass is 9.90. The number of methoxy groups -OCH3 is 1. The summed E-state index contributed by atoms with van der Waals surface area (Å²) in [6.45, 7) is 0. The van der Waals surface area contributed by atoms with E-state index in [0.717, 1.165) is 11.7 Å². The molecule has 0 saturated heterocycles. The van der Waals surface area contributed by atoms with Crippen molar-refractivity contribution in [2.45, 2.75) is 0 Å². The molecular formula is C20H12Cl2O3. The van der Waals surface area contributed by atoms with Gasteiger partial charge in [0.05, 0.1) is 12.1 Å². The van der Waals surface area contributed by atoms with Gasteiger partial charge in [0.2, 0.25) is 0 Å². The fourth-order valence-corrected chi connectivity index (χ4v) is 3.95. The van der Waals surface area contributed by atoms with Crippen molar-refractivity contribution in [2.75, 3.05) is 7.11 Å². The summed E-state index contributed by atoms with van der Waals surface area (Å²) >= 11 is 12.9. The second-order valence-electron chi connectivity index (χ2n) is 5.76. The number of aldehydes is 1. The molecule has 0 fully saturated rings. The lowest BCUT2D eigenvalue weighted by molar-refractivity contribution is 0.112. The van der Waals surface area contributed by atoms with Crippen LogP contribution in [0.25, 0.3) is 32.7 Å². The number of ether oxygens (including phenoxy) is 1. The number of carbonyl (C=O) groups excluding carboxylic acids is 1. The molecule has 0 amide bonds. The van der Waals surface area contributed by atoms with Crippen molar-refractivity contribution in [1.29, 1.82) is 0 Å². The van der Waals surface area contributed by atoms with Gasteiger partial charge in [-0.15, -0.1) is 0 Å². The van der Waals surface area contributed by atoms with E-state index in [4.69, 9.17) is 27.9 Å². The maximum absolute atomic E-state index is 11.3. The highest BCUT2D eigenvalue weighted by atomic mass is 35.5. The van der Waals surface area contributed by atoms with Crippen molar-refractivity contribution >= 4 is 51.0 Å². The Kier molecular flexibility index (Phi) is 3.71. The minimum absolute atomic E-state index is 0.0608. The van der Waals surface area contributed by atoms with Gasteiger partial charge in [-0.25, -0.2) is 0 Å². The van der Waals surface area contributed by atoms with Crippen LogP contribution in [-0.4, -0.2) is 18.5 Å². The first kappa shape index (κ1) is 16.0. The van der Waals surface area contributed by atoms with Gasteiger partial charge in [0.25, 0.3) is 0 Å². The first-order valence-corrected chi connectivity index (χ1v) is 8.30. The van der Waals surface area contributed by atoms with Gasteiger partial charge < -0.3 is 9.84 Å². The highest BCUT2D eigenvalue weighted by Gasteiger charge is 2.25. The molecule has 0 spiro atoms. The van der Waals surface area contributed by atoms with Crippen LogP contribution in [0.3, 0.4) is 0 Å². The number of fused-ring (bicyclic) bond motifs is 6. The van der Waals surface area contributed by atoms with Crippen LogP contribution in [0.5, 0.6) is 11.5 Å². The molecule has 5 heteroatoms. The standard InChI is InChI=1S/C20H12Cl2O3/c1-25-20-17(13-4-2-3-5-14(13)21)15-11-6-10(9-23)7-12(8-11)16(18(20)22)19(15)24/h2-9,24H,1H3. The zero-order valence-corrected chi connectivity index (χ0v) is 14.7. The summed E-state index contributed by atoms with van der Waals surface area (Å²) < 4.78 is 5.57. The Morgan fingerprint density at radius 2 is 1.72 bits per heavy atom. The molecular weight excluding hydrogens is 359 g/mol. The van der Waals surface area contributed by atoms with Gasteiger partial charge in [0, 0.05) is 32.5 Å². The molecule has 3 nitrogen and oxygen atoms in total. The van der Waals surface area contributed by atoms with Gasteiger partial charge in [0.15, 0.2) is 0 Å². The lowest BCUT2D eigenvalue weighted by Crippen LogP contribution is -1.96. The van der Waals surface area contributed by atoms with E-state index in [0.29, 0.717) is 43.6 Å². The molecule has 124 valence electrons. The number of rotatable bonds is 3. The van der Waals surface area contributed by atoms with Gasteiger partial charge in [0.1, 0.15) is 17.8 Å². The van der Waals surface area contributed by atoms with E-state index in [2.05, 4.69) is 0 Å². The highest BCUT2D eigenvalue weighted by Crippen LogP contribution is 2.53. The molecule has 25 heavy (non-hydrogen) atoms. The highest BCUT2D eigenvalue weighted by molar-refractivity contribution is 6.41. The monoisotopic (exact) mass is 370 g/mol. The largest absolute Gasteiger partial charge is 0.507 e. The van der Waals surface area contributed by atoms with Gasteiger partial charge in [-0.2, -0.15) is 0 Å². The third kappa shape index (κ3) is 2.24. The number of hydrogen-bond acceptors (Lipinski definition) is 3. The van der Waals surface area contributed by atoms with Crippen LogP contribution < -0.4 is 4.74 Å². The van der Waals surface area contributed by atoms with Gasteiger partial charge in [-0.05, 0) is 35.0 Å². The van der Waals surface area contributed by atoms with E-state index >= 15 is 0 Å². The van der Waals surface area contributed by atoms with Gasteiger partial charge >= 0.3 is 0 Å². The Morgan fingerprint density at radius 1 is 1.04 bits per heavy atom. The zero-order chi connectivity index (χ0) is 17.7. The fraction of sp³-hybridized carbons (Fsp3) is 0.0500. The Balaban J connectivity index is 2.30. The molecule has 0 saturated carbocycles. The lowest BCUT2D eigenvalue weighted by Gasteiger charge is -2.20. The normalized spacial score (nSPS) is 11.3. The number of phenolic OH excluding ortho intramolecular Hbond substituents is 1. The molecule has 0 heterocycles. The van der Waals surface area contributed by atoms with Crippen LogP contribution >= 0.6 is 23.2 Å². The summed E-state index contributed by atoms with van der Waals surface area (Å²) in [7, 11) is 1.53. The summed E-state index contributed by atoms with van der Waals surface area (Å²) in [4.78, 5) is 11.3. The number of phenols is 2. The molecule has 4 bridgehead atoms. The molecule has 0 aliphatic heterocycles. The van der Waals surface area contributed by atoms with Crippen LogP contribution in [0.4, 0.5) is 0 Å². The third-order valence-corrected chi connectivity index (χ3v) is 5.08. The molecule has 0 aliphatic rings. The average Bonchev–Trinajstić information content (AvgIpc) is 2.60. The number of aromatic hydroxyl groups is 1. The Hall–Kier alpha value is -2.49. The molecule has 4 rings (SSSR count). The predicted octanol–water partition coefficient (Wildman–Crippen LogP) is 5.93. The van der Waals surface area contributed by atoms with E-state index < -0.39 is 0 Å². The second kappa shape index (κ2) is 5.80. The summed E-state index contributed by atoms with van der Waals surface area (Å²) in [5.74, 6) is 0.502. The third-order valence-electron chi connectivity index (χ3n) is 4.39. The number of benzene rings is 4. The summed E-state index contributed by atoms with van der Waals surface area (Å²) in [6.07, 6.45) is 0.774. The van der Waals surface area contributed by atoms with Crippen molar-refractivity contribution in [3.63, 3.8) is 0 Å². The second-order valence-corrected chi connectivity index (χ2v) is 6.55. The molecule has 4 aromatic rings. The van der Waals surface area contributed by atoms with Crippen LogP contribution in [0.1, 0.15) is 10.4 Å². The predicted molar refractivity (Wildman–Crippen MR) is 102 cm³/mol. The van der Waals surface area contributed by atoms with Crippen molar-refractivity contribution in [3.05, 3.63) is 58.1 Å². The van der Waals surface area contributed by atoms with Crippen LogP contribution in [0.15, 0.2) is 42.5 Å². The number of carbonyl (C=O) groups is 1. The topological polar surface area (TPSA) is 46.5 Å². The van der Waals surface area contributed by atoms with Crippen molar-refractivity contribution in [2.24, 2.45) is 0 Å². The Labute approximate surface area is 153 Å². The van der Waals surface area contributed by atoms with Crippen molar-refractivity contribution < 1.29 is 14.6 Å². The molecule has 0 radical (unpaired) electrons. The molecule has 1 N–H and O–H groups in total. The minimum atomic E-state index is 0.0608. The Bertz CT molecular complexity index is 1140. The maximum Gasteiger partial charge on any atom is 0.150 e. The first-order valence-electron chi connectivity index (χ1n) is 7.55. The molecule has 0 aromatic heterocycles. The van der Waals surface area contributed by atoms with Crippen LogP contribution in [-0.2, 0) is 0 Å². The maximum atomic E-state index is 11.3. The minimum Gasteiger partial charge on any atom is -0.507 e. The van der Waals surface area contributed by atoms with Crippen molar-refractivity contribution in [1.82, 2.24) is 0 Å². The van der Waals surface area contributed by atoms with Gasteiger partial charge in [-0.3, -0.25) is 4.79 Å². The molecule has 0 unspecified atom stereocenters. The fourth-order valence-electron chi connectivity index (χ4n) is 3.35. The average molecular weight is 371 g/mol. The number of halogens is 2. The van der Waals surface area contributed by atoms with Crippen LogP contribution in [0.2, 0.25) is 10.0 Å². The van der Waals surface area contributed by atoms with E-state index in [1.807, 2.05) is 24.3 Å². The van der Waals surface area contributed by atoms with Crippen LogP contribution in [0, 0.1) is 0 Å². The molecule has 0 aliphatic carbocycles. The molecule has 4 aromatic carbocycles. The van der Waals surface area contributed by atoms with E-state index in [9.17, 15) is 9.90 Å². The zero-order valence-electron chi connectivity index (χ0n) is 13.1. The summed E-state index contributed by atoms with van der Waals surface area (Å²) in [5.41, 5.74) is 1.81. The Morgan fingerprint density at radius 3 is 2.36 bits per heavy atom. The smallest absolute Gasteiger partial charge is 0.150 e. The van der Waals surface area contributed by atoms with E-state index in [-0.39, 0.29) is 10.8 Å². The van der Waals surface area contributed by atoms with Crippen molar-refractivity contribution in [3.8, 4) is 22.6 Å². The number of hydrogen-bond donors (Lipinski definition) is 1. The van der Waals surface area contributed by atoms with E-state index in [1.54, 1.807) is 18.2 Å². The quantitative estimate of drug-likeness (QED) is 0.454. The SMILES string of the molecule is COc1c(Cl)c2c(O)c(c1-c1ccccc1Cl)c1cc(C=O)cc2c1. The van der Waals surface area contributed by atoms with E-state index in [1.165, 1.54) is 7.11 Å².